The Labute approximate surface area is 468 Å². The molecule has 7 N–H and O–H groups in total. The van der Waals surface area contributed by atoms with Gasteiger partial charge in [-0.05, 0) is 128 Å². The van der Waals surface area contributed by atoms with Crippen LogP contribution in [0, 0.1) is 12.3 Å². The van der Waals surface area contributed by atoms with Crippen molar-refractivity contribution in [3.05, 3.63) is 131 Å². The zero-order chi connectivity index (χ0) is 55.5. The molecule has 5 heterocycles. The Kier molecular flexibility index (Phi) is 18.3. The van der Waals surface area contributed by atoms with Gasteiger partial charge in [-0.1, -0.05) is 114 Å². The Morgan fingerprint density at radius 1 is 0.772 bits per heavy atom. The van der Waals surface area contributed by atoms with Gasteiger partial charge in [0.25, 0.3) is 0 Å². The van der Waals surface area contributed by atoms with Crippen LogP contribution in [0.4, 0.5) is 5.82 Å². The van der Waals surface area contributed by atoms with Crippen molar-refractivity contribution in [3.63, 3.8) is 0 Å². The molecule has 4 aromatic heterocycles. The standard InChI is InChI=1S/C63H77N11O4S/c1-42-55(79-41-69-42)45-25-22-44(23-26-45)40-68-60(77)52-20-15-38-73(52)61(78)56(62(2,3)4)72-54(76)21-11-9-7-5-6-8-10-12-36-66-53(75)33-24-43-17-13-18-46(39-43)50-31-32-51-59(70-50)74(58(71-51)49-19-14-37-67-57(49)64)48-29-27-47(28-30-48)63(65)34-16-35-63/h13-14,17-19,22-23,25-32,37,39,41,52,56H,5-12,15-16,20-21,24,33-36,38,40,65H2,1-4H3,(H2,64,67)(H,66,75)(H,68,77)(H,72,76)/t52-,56?/m0/s1. The van der Waals surface area contributed by atoms with Crippen LogP contribution in [-0.4, -0.2) is 78.2 Å². The first-order chi connectivity index (χ1) is 38.1. The molecule has 1 saturated heterocycles. The molecule has 2 fully saturated rings. The summed E-state index contributed by atoms with van der Waals surface area (Å²) in [7, 11) is 0. The average molecular weight is 1080 g/mol. The minimum atomic E-state index is -0.733. The number of carbonyl (C=O) groups is 4. The summed E-state index contributed by atoms with van der Waals surface area (Å²) in [6.07, 6.45) is 15.5. The maximum absolute atomic E-state index is 14.0. The van der Waals surface area contributed by atoms with Crippen LogP contribution >= 0.6 is 11.3 Å². The highest BCUT2D eigenvalue weighted by Crippen LogP contribution is 2.40. The van der Waals surface area contributed by atoms with Crippen LogP contribution in [0.3, 0.4) is 0 Å². The van der Waals surface area contributed by atoms with Crippen LogP contribution in [-0.2, 0) is 37.7 Å². The molecule has 79 heavy (non-hydrogen) atoms. The third kappa shape index (κ3) is 13.9. The van der Waals surface area contributed by atoms with E-state index in [0.717, 1.165) is 138 Å². The lowest BCUT2D eigenvalue weighted by Crippen LogP contribution is -2.57. The summed E-state index contributed by atoms with van der Waals surface area (Å²) in [4.78, 5) is 75.3. The van der Waals surface area contributed by atoms with Crippen LogP contribution in [0.2, 0.25) is 0 Å². The number of rotatable bonds is 24. The van der Waals surface area contributed by atoms with Gasteiger partial charge in [0.15, 0.2) is 11.5 Å². The first-order valence-electron chi connectivity index (χ1n) is 28.4. The number of anilines is 1. The highest BCUT2D eigenvalue weighted by atomic mass is 32.1. The number of likely N-dealkylation sites (tertiary alicyclic amines) is 1. The number of thiazole rings is 1. The second-order valence-electron chi connectivity index (χ2n) is 22.7. The highest BCUT2D eigenvalue weighted by Gasteiger charge is 2.42. The number of unbranched alkanes of at least 4 members (excludes halogenated alkanes) is 7. The van der Waals surface area contributed by atoms with Gasteiger partial charge in [0.2, 0.25) is 23.6 Å². The largest absolute Gasteiger partial charge is 0.383 e. The van der Waals surface area contributed by atoms with Crippen LogP contribution in [0.25, 0.3) is 49.9 Å². The van der Waals surface area contributed by atoms with Gasteiger partial charge in [0.1, 0.15) is 23.4 Å². The minimum absolute atomic E-state index is 0.0434. The molecule has 0 radical (unpaired) electrons. The second kappa shape index (κ2) is 25.7. The molecule has 7 aromatic rings. The fourth-order valence-corrected chi connectivity index (χ4v) is 11.7. The van der Waals surface area contributed by atoms with Gasteiger partial charge in [-0.2, -0.15) is 0 Å². The number of nitrogens with one attached hydrogen (secondary N) is 3. The van der Waals surface area contributed by atoms with Crippen molar-refractivity contribution >= 4 is 51.9 Å². The lowest BCUT2D eigenvalue weighted by molar-refractivity contribution is -0.143. The molecule has 1 aliphatic heterocycles. The Hall–Kier alpha value is -7.30. The first-order valence-corrected chi connectivity index (χ1v) is 29.3. The van der Waals surface area contributed by atoms with Crippen LogP contribution < -0.4 is 27.4 Å². The van der Waals surface area contributed by atoms with Crippen LogP contribution in [0.5, 0.6) is 0 Å². The molecule has 4 amide bonds. The summed E-state index contributed by atoms with van der Waals surface area (Å²) < 4.78 is 2.04. The normalized spacial score (nSPS) is 15.4. The van der Waals surface area contributed by atoms with E-state index in [4.69, 9.17) is 21.4 Å². The number of hydrogen-bond acceptors (Lipinski definition) is 11. The number of aryl methyl sites for hydroxylation is 2. The fraction of sp³-hybridized carbons (Fsp3) is 0.429. The van der Waals surface area contributed by atoms with Crippen molar-refractivity contribution in [2.75, 3.05) is 18.8 Å². The van der Waals surface area contributed by atoms with E-state index < -0.39 is 17.5 Å². The summed E-state index contributed by atoms with van der Waals surface area (Å²) in [5.74, 6) is 0.591. The van der Waals surface area contributed by atoms with Gasteiger partial charge in [-0.15, -0.1) is 11.3 Å². The number of amides is 4. The Morgan fingerprint density at radius 2 is 1.52 bits per heavy atom. The van der Waals surface area contributed by atoms with Crippen LogP contribution in [0.1, 0.15) is 139 Å². The fourth-order valence-electron chi connectivity index (χ4n) is 10.9. The first kappa shape index (κ1) is 56.4. The smallest absolute Gasteiger partial charge is 0.246 e. The molecule has 9 rings (SSSR count). The van der Waals surface area contributed by atoms with Gasteiger partial charge < -0.3 is 32.3 Å². The third-order valence-electron chi connectivity index (χ3n) is 15.7. The zero-order valence-electron chi connectivity index (χ0n) is 46.4. The summed E-state index contributed by atoms with van der Waals surface area (Å²) >= 11 is 1.61. The Morgan fingerprint density at radius 3 is 2.22 bits per heavy atom. The molecular formula is C63H77N11O4S. The number of aromatic nitrogens is 5. The Bertz CT molecular complexity index is 3230. The van der Waals surface area contributed by atoms with Gasteiger partial charge in [0.05, 0.1) is 27.3 Å². The molecule has 16 heteroatoms. The van der Waals surface area contributed by atoms with E-state index in [1.54, 1.807) is 22.4 Å². The van der Waals surface area contributed by atoms with Crippen molar-refractivity contribution in [3.8, 4) is 38.8 Å². The molecule has 2 aliphatic rings. The maximum atomic E-state index is 14.0. The minimum Gasteiger partial charge on any atom is -0.383 e. The lowest BCUT2D eigenvalue weighted by atomic mass is 9.73. The third-order valence-corrected chi connectivity index (χ3v) is 16.7. The van der Waals surface area contributed by atoms with E-state index >= 15 is 0 Å². The maximum Gasteiger partial charge on any atom is 0.246 e. The number of fused-ring (bicyclic) bond motifs is 1. The molecular weight excluding hydrogens is 1010 g/mol. The van der Waals surface area contributed by atoms with E-state index in [-0.39, 0.29) is 29.2 Å². The van der Waals surface area contributed by atoms with E-state index in [9.17, 15) is 19.2 Å². The number of nitrogen functional groups attached to an aromatic ring is 1. The number of nitrogens with two attached hydrogens (primary N) is 2. The number of imidazole rings is 1. The monoisotopic (exact) mass is 1080 g/mol. The van der Waals surface area contributed by atoms with Crippen LogP contribution in [0.15, 0.2) is 109 Å². The summed E-state index contributed by atoms with van der Waals surface area (Å²) in [6.45, 7) is 9.37. The summed E-state index contributed by atoms with van der Waals surface area (Å²) in [6, 6.07) is 31.2. The second-order valence-corrected chi connectivity index (χ2v) is 23.5. The van der Waals surface area contributed by atoms with Gasteiger partial charge in [0, 0.05) is 55.5 Å². The quantitative estimate of drug-likeness (QED) is 0.0361. The zero-order valence-corrected chi connectivity index (χ0v) is 47.2. The van der Waals surface area contributed by atoms with Gasteiger partial charge >= 0.3 is 0 Å². The van der Waals surface area contributed by atoms with E-state index in [2.05, 4.69) is 62.3 Å². The number of pyridine rings is 2. The topological polar surface area (TPSA) is 216 Å². The van der Waals surface area contributed by atoms with Crippen molar-refractivity contribution in [2.45, 2.75) is 155 Å². The average Bonchev–Trinajstić information content (AvgIpc) is 4.44. The number of benzene rings is 3. The van der Waals surface area contributed by atoms with Gasteiger partial charge in [-0.3, -0.25) is 23.7 Å². The van der Waals surface area contributed by atoms with Crippen molar-refractivity contribution < 1.29 is 19.2 Å². The molecule has 1 aliphatic carbocycles. The molecule has 15 nitrogen and oxygen atoms in total. The number of carbonyl (C=O) groups excluding carboxylic acids is 4. The van der Waals surface area contributed by atoms with Crippen molar-refractivity contribution in [1.29, 1.82) is 0 Å². The summed E-state index contributed by atoms with van der Waals surface area (Å²) in [5.41, 5.74) is 24.2. The predicted octanol–water partition coefficient (Wildman–Crippen LogP) is 10.9. The summed E-state index contributed by atoms with van der Waals surface area (Å²) in [5, 5.41) is 9.22. The number of hydrogen-bond donors (Lipinski definition) is 5. The van der Waals surface area contributed by atoms with Gasteiger partial charge in [-0.25, -0.2) is 19.9 Å². The highest BCUT2D eigenvalue weighted by molar-refractivity contribution is 7.13. The molecule has 0 spiro atoms. The molecule has 1 unspecified atom stereocenters. The molecule has 1 saturated carbocycles. The van der Waals surface area contributed by atoms with E-state index in [1.807, 2.05) is 98.4 Å². The Balaban J connectivity index is 0.661. The lowest BCUT2D eigenvalue weighted by Gasteiger charge is -2.38. The van der Waals surface area contributed by atoms with E-state index in [1.165, 1.54) is 0 Å². The molecule has 0 bridgehead atoms. The molecule has 2 atom stereocenters. The van der Waals surface area contributed by atoms with E-state index in [0.29, 0.717) is 62.6 Å². The number of nitrogens with zero attached hydrogens (tertiary/aromatic N) is 6. The van der Waals surface area contributed by atoms with Crippen molar-refractivity contribution in [1.82, 2.24) is 45.4 Å². The predicted molar refractivity (Wildman–Crippen MR) is 315 cm³/mol. The molecule has 414 valence electrons. The molecule has 3 aromatic carbocycles. The van der Waals surface area contributed by atoms with Crippen molar-refractivity contribution in [2.24, 2.45) is 11.1 Å². The SMILES string of the molecule is Cc1ncsc1-c1ccc(CNC(=O)[C@@H]2CCCN2C(=O)C(NC(=O)CCCCCCCCCCNC(=O)CCc2cccc(-c3ccc4nc(-c5cccnc5N)n(-c5ccc(C6(N)CCC6)cc5)c4n3)c2)C(C)(C)C)cc1.